The maximum atomic E-state index is 13.3. The van der Waals surface area contributed by atoms with Crippen molar-refractivity contribution in [2.75, 3.05) is 0 Å². The van der Waals surface area contributed by atoms with Crippen molar-refractivity contribution >= 4 is 0 Å². The first kappa shape index (κ1) is 11.6. The third-order valence-electron chi connectivity index (χ3n) is 2.04. The summed E-state index contributed by atoms with van der Waals surface area (Å²) in [4.78, 5) is 3.51. The van der Waals surface area contributed by atoms with Crippen molar-refractivity contribution in [3.05, 3.63) is 41.0 Å². The van der Waals surface area contributed by atoms with Crippen LogP contribution < -0.4 is 0 Å². The predicted octanol–water partition coefficient (Wildman–Crippen LogP) is 3.35. The van der Waals surface area contributed by atoms with Crippen LogP contribution in [-0.4, -0.2) is 4.98 Å². The second-order valence-electron chi connectivity index (χ2n) is 3.24. The number of rotatable bonds is 1. The molecule has 0 aliphatic carbocycles. The second kappa shape index (κ2) is 3.83. The monoisotopic (exact) mass is 249 g/mol. The van der Waals surface area contributed by atoms with E-state index in [1.165, 1.54) is 6.92 Å². The second-order valence-corrected chi connectivity index (χ2v) is 3.24. The van der Waals surface area contributed by atoms with E-state index in [-0.39, 0.29) is 5.69 Å². The van der Waals surface area contributed by atoms with Gasteiger partial charge in [0.05, 0.1) is 5.69 Å². The number of aryl methyl sites for hydroxylation is 1. The van der Waals surface area contributed by atoms with Gasteiger partial charge in [-0.2, -0.15) is 0 Å². The summed E-state index contributed by atoms with van der Waals surface area (Å²) in [6.45, 7) is 1.44. The van der Waals surface area contributed by atoms with Crippen molar-refractivity contribution in [2.45, 2.75) is 6.92 Å². The minimum atomic E-state index is -2.22. The number of aromatic nitrogens is 1. The van der Waals surface area contributed by atoms with Gasteiger partial charge in [0.15, 0.2) is 23.3 Å². The molecule has 0 fully saturated rings. The summed E-state index contributed by atoms with van der Waals surface area (Å²) >= 11 is 0. The van der Waals surface area contributed by atoms with Gasteiger partial charge in [0.25, 0.3) is 0 Å². The lowest BCUT2D eigenvalue weighted by Gasteiger charge is -2.04. The van der Waals surface area contributed by atoms with Crippen LogP contribution in [-0.2, 0) is 0 Å². The normalized spacial score (nSPS) is 10.9. The number of hydrogen-bond acceptors (Lipinski definition) is 2. The highest BCUT2D eigenvalue weighted by Gasteiger charge is 2.28. The molecular weight excluding hydrogens is 245 g/mol. The Balaban J connectivity index is 2.78. The van der Waals surface area contributed by atoms with Crippen LogP contribution in [0.1, 0.15) is 5.69 Å². The standard InChI is InChI=1S/C10H4F5NO/c1-3-2-17-10(16-3)4-5(11)7(13)9(15)8(14)6(4)12/h2H,1H3. The fraction of sp³-hybridized carbons (Fsp3) is 0.100. The summed E-state index contributed by atoms with van der Waals surface area (Å²) in [5.41, 5.74) is -0.918. The zero-order chi connectivity index (χ0) is 12.7. The molecule has 0 bridgehead atoms. The van der Waals surface area contributed by atoms with Gasteiger partial charge in [-0.25, -0.2) is 26.9 Å². The quantitative estimate of drug-likeness (QED) is 0.440. The van der Waals surface area contributed by atoms with Gasteiger partial charge in [-0.15, -0.1) is 0 Å². The fourth-order valence-electron chi connectivity index (χ4n) is 1.26. The SMILES string of the molecule is Cc1coc(-c2c(F)c(F)c(F)c(F)c2F)n1. The Bertz CT molecular complexity index is 564. The first-order valence-electron chi connectivity index (χ1n) is 4.37. The summed E-state index contributed by atoms with van der Waals surface area (Å²) < 4.78 is 69.6. The molecule has 7 heteroatoms. The molecule has 0 unspecified atom stereocenters. The van der Waals surface area contributed by atoms with E-state index in [1.54, 1.807) is 0 Å². The number of oxazole rings is 1. The lowest BCUT2D eigenvalue weighted by atomic mass is 10.1. The molecule has 17 heavy (non-hydrogen) atoms. The minimum Gasteiger partial charge on any atom is -0.444 e. The molecule has 2 aromatic rings. The van der Waals surface area contributed by atoms with E-state index in [2.05, 4.69) is 9.40 Å². The maximum Gasteiger partial charge on any atom is 0.232 e. The van der Waals surface area contributed by atoms with Crippen molar-refractivity contribution in [1.29, 1.82) is 0 Å². The van der Waals surface area contributed by atoms with E-state index in [9.17, 15) is 22.0 Å². The van der Waals surface area contributed by atoms with E-state index in [0.29, 0.717) is 0 Å². The van der Waals surface area contributed by atoms with Crippen molar-refractivity contribution in [3.8, 4) is 11.5 Å². The van der Waals surface area contributed by atoms with Crippen LogP contribution in [0.25, 0.3) is 11.5 Å². The van der Waals surface area contributed by atoms with Crippen molar-refractivity contribution in [2.24, 2.45) is 0 Å². The Morgan fingerprint density at radius 2 is 1.35 bits per heavy atom. The zero-order valence-corrected chi connectivity index (χ0v) is 8.32. The average Bonchev–Trinajstić information content (AvgIpc) is 2.71. The van der Waals surface area contributed by atoms with Gasteiger partial charge < -0.3 is 4.42 Å². The van der Waals surface area contributed by atoms with E-state index in [4.69, 9.17) is 0 Å². The largest absolute Gasteiger partial charge is 0.444 e. The molecular formula is C10H4F5NO. The molecule has 2 rings (SSSR count). The zero-order valence-electron chi connectivity index (χ0n) is 8.32. The molecule has 0 radical (unpaired) electrons. The first-order chi connectivity index (χ1) is 7.93. The van der Waals surface area contributed by atoms with Gasteiger partial charge >= 0.3 is 0 Å². The average molecular weight is 249 g/mol. The molecule has 1 aromatic heterocycles. The highest BCUT2D eigenvalue weighted by atomic mass is 19.2. The van der Waals surface area contributed by atoms with E-state index < -0.39 is 40.5 Å². The molecule has 0 saturated carbocycles. The number of hydrogen-bond donors (Lipinski definition) is 0. The van der Waals surface area contributed by atoms with Crippen molar-refractivity contribution < 1.29 is 26.4 Å². The molecule has 0 aliphatic heterocycles. The molecule has 0 aliphatic rings. The van der Waals surface area contributed by atoms with Crippen LogP contribution in [0.4, 0.5) is 22.0 Å². The van der Waals surface area contributed by atoms with Crippen LogP contribution in [0.3, 0.4) is 0 Å². The van der Waals surface area contributed by atoms with Gasteiger partial charge in [-0.05, 0) is 6.92 Å². The van der Waals surface area contributed by atoms with Gasteiger partial charge in [-0.3, -0.25) is 0 Å². The van der Waals surface area contributed by atoms with Crippen LogP contribution in [0.15, 0.2) is 10.7 Å². The van der Waals surface area contributed by atoms with Crippen LogP contribution >= 0.6 is 0 Å². The maximum absolute atomic E-state index is 13.3. The van der Waals surface area contributed by atoms with Gasteiger partial charge in [-0.1, -0.05) is 0 Å². The molecule has 0 N–H and O–H groups in total. The Labute approximate surface area is 91.7 Å². The Hall–Kier alpha value is -1.92. The summed E-state index contributed by atoms with van der Waals surface area (Å²) in [6.07, 6.45) is 1.04. The smallest absolute Gasteiger partial charge is 0.232 e. The number of halogens is 5. The molecule has 1 aromatic carbocycles. The van der Waals surface area contributed by atoms with Crippen LogP contribution in [0.5, 0.6) is 0 Å². The lowest BCUT2D eigenvalue weighted by molar-refractivity contribution is 0.378. The molecule has 0 amide bonds. The molecule has 90 valence electrons. The number of nitrogens with zero attached hydrogens (tertiary/aromatic N) is 1. The summed E-state index contributed by atoms with van der Waals surface area (Å²) in [7, 11) is 0. The van der Waals surface area contributed by atoms with Gasteiger partial charge in [0, 0.05) is 0 Å². The van der Waals surface area contributed by atoms with E-state index >= 15 is 0 Å². The summed E-state index contributed by atoms with van der Waals surface area (Å²) in [6, 6.07) is 0. The van der Waals surface area contributed by atoms with E-state index in [0.717, 1.165) is 6.26 Å². The van der Waals surface area contributed by atoms with Gasteiger partial charge in [0.1, 0.15) is 11.8 Å². The predicted molar refractivity (Wildman–Crippen MR) is 46.5 cm³/mol. The van der Waals surface area contributed by atoms with E-state index in [1.807, 2.05) is 0 Å². The Morgan fingerprint density at radius 3 is 1.76 bits per heavy atom. The topological polar surface area (TPSA) is 26.0 Å². The third-order valence-corrected chi connectivity index (χ3v) is 2.04. The molecule has 1 heterocycles. The van der Waals surface area contributed by atoms with Crippen molar-refractivity contribution in [3.63, 3.8) is 0 Å². The lowest BCUT2D eigenvalue weighted by Crippen LogP contribution is -2.04. The molecule has 2 nitrogen and oxygen atoms in total. The fourth-order valence-corrected chi connectivity index (χ4v) is 1.26. The minimum absolute atomic E-state index is 0.254. The highest BCUT2D eigenvalue weighted by Crippen LogP contribution is 2.30. The Kier molecular flexibility index (Phi) is 2.60. The molecule has 0 saturated heterocycles. The van der Waals surface area contributed by atoms with Crippen LogP contribution in [0, 0.1) is 36.0 Å². The summed E-state index contributed by atoms with van der Waals surface area (Å²) in [5, 5.41) is 0. The molecule has 0 spiro atoms. The Morgan fingerprint density at radius 1 is 0.882 bits per heavy atom. The number of benzene rings is 1. The molecule has 0 atom stereocenters. The van der Waals surface area contributed by atoms with Gasteiger partial charge in [0.2, 0.25) is 11.7 Å². The first-order valence-corrected chi connectivity index (χ1v) is 4.37. The van der Waals surface area contributed by atoms with Crippen LogP contribution in [0.2, 0.25) is 0 Å². The van der Waals surface area contributed by atoms with Crippen molar-refractivity contribution in [1.82, 2.24) is 4.98 Å². The highest BCUT2D eigenvalue weighted by molar-refractivity contribution is 5.56. The summed E-state index contributed by atoms with van der Waals surface area (Å²) in [5.74, 6) is -10.9. The third kappa shape index (κ3) is 1.67.